The Morgan fingerprint density at radius 3 is 2.50 bits per heavy atom. The zero-order valence-electron chi connectivity index (χ0n) is 14.4. The third-order valence-corrected chi connectivity index (χ3v) is 3.91. The summed E-state index contributed by atoms with van der Waals surface area (Å²) in [6, 6.07) is 9.27. The van der Waals surface area contributed by atoms with Gasteiger partial charge in [0.05, 0.1) is 0 Å². The Labute approximate surface area is 144 Å². The minimum absolute atomic E-state index is 0.0382. The van der Waals surface area contributed by atoms with Gasteiger partial charge in [0.15, 0.2) is 6.61 Å². The number of amides is 1. The highest BCUT2D eigenvalue weighted by Crippen LogP contribution is 2.13. The standard InChI is InChI=1S/C19H25N3O2/c1-16(2)15-21-10-12-22(13-11-21)19(23)8-5-17-3-6-18(7-4-17)24-14-9-20/h3-8,16H,10-15H2,1-2H3. The van der Waals surface area contributed by atoms with Crippen molar-refractivity contribution in [3.8, 4) is 11.8 Å². The summed E-state index contributed by atoms with van der Waals surface area (Å²) in [5.41, 5.74) is 0.936. The Kier molecular flexibility index (Phi) is 6.83. The van der Waals surface area contributed by atoms with Crippen molar-refractivity contribution in [1.29, 1.82) is 5.26 Å². The van der Waals surface area contributed by atoms with Gasteiger partial charge in [0.1, 0.15) is 11.8 Å². The molecule has 1 aromatic rings. The zero-order chi connectivity index (χ0) is 17.4. The Hall–Kier alpha value is -2.32. The molecule has 0 spiro atoms. The number of carbonyl (C=O) groups is 1. The van der Waals surface area contributed by atoms with Crippen molar-refractivity contribution in [2.24, 2.45) is 5.92 Å². The van der Waals surface area contributed by atoms with Crippen LogP contribution in [0.2, 0.25) is 0 Å². The van der Waals surface area contributed by atoms with Gasteiger partial charge in [-0.1, -0.05) is 26.0 Å². The molecule has 24 heavy (non-hydrogen) atoms. The molecule has 1 saturated heterocycles. The number of rotatable bonds is 6. The van der Waals surface area contributed by atoms with Crippen molar-refractivity contribution >= 4 is 12.0 Å². The maximum atomic E-state index is 12.3. The van der Waals surface area contributed by atoms with Gasteiger partial charge in [-0.3, -0.25) is 9.69 Å². The molecule has 0 saturated carbocycles. The molecule has 0 radical (unpaired) electrons. The first-order chi connectivity index (χ1) is 11.6. The summed E-state index contributed by atoms with van der Waals surface area (Å²) >= 11 is 0. The van der Waals surface area contributed by atoms with Crippen LogP contribution >= 0.6 is 0 Å². The monoisotopic (exact) mass is 327 g/mol. The number of carbonyl (C=O) groups excluding carboxylic acids is 1. The normalized spacial score (nSPS) is 15.7. The van der Waals surface area contributed by atoms with Crippen LogP contribution in [-0.2, 0) is 4.79 Å². The molecule has 0 bridgehead atoms. The quantitative estimate of drug-likeness (QED) is 0.753. The molecule has 1 fully saturated rings. The summed E-state index contributed by atoms with van der Waals surface area (Å²) in [6.07, 6.45) is 3.44. The highest BCUT2D eigenvalue weighted by atomic mass is 16.5. The molecule has 0 N–H and O–H groups in total. The van der Waals surface area contributed by atoms with E-state index in [2.05, 4.69) is 18.7 Å². The second kappa shape index (κ2) is 9.09. The van der Waals surface area contributed by atoms with Crippen molar-refractivity contribution in [3.63, 3.8) is 0 Å². The SMILES string of the molecule is CC(C)CN1CCN(C(=O)C=Cc2ccc(OCC#N)cc2)CC1. The fourth-order valence-electron chi connectivity index (χ4n) is 2.73. The van der Waals surface area contributed by atoms with E-state index in [1.54, 1.807) is 18.2 Å². The summed E-state index contributed by atoms with van der Waals surface area (Å²) < 4.78 is 5.20. The molecule has 0 aliphatic carbocycles. The maximum absolute atomic E-state index is 12.3. The average Bonchev–Trinajstić information content (AvgIpc) is 2.59. The van der Waals surface area contributed by atoms with E-state index in [1.807, 2.05) is 29.2 Å². The topological polar surface area (TPSA) is 56.6 Å². The number of nitriles is 1. The first-order valence-electron chi connectivity index (χ1n) is 8.37. The van der Waals surface area contributed by atoms with E-state index in [-0.39, 0.29) is 12.5 Å². The Morgan fingerprint density at radius 2 is 1.92 bits per heavy atom. The molecule has 0 aromatic heterocycles. The van der Waals surface area contributed by atoms with E-state index in [0.717, 1.165) is 38.3 Å². The van der Waals surface area contributed by atoms with Crippen molar-refractivity contribution in [3.05, 3.63) is 35.9 Å². The molecule has 2 rings (SSSR count). The van der Waals surface area contributed by atoms with Crippen LogP contribution in [0.4, 0.5) is 0 Å². The Balaban J connectivity index is 1.82. The minimum atomic E-state index is 0.0382. The highest BCUT2D eigenvalue weighted by Gasteiger charge is 2.19. The summed E-state index contributed by atoms with van der Waals surface area (Å²) in [7, 11) is 0. The van der Waals surface area contributed by atoms with Crippen molar-refractivity contribution < 1.29 is 9.53 Å². The predicted molar refractivity (Wildman–Crippen MR) is 94.4 cm³/mol. The van der Waals surface area contributed by atoms with Gasteiger partial charge in [-0.15, -0.1) is 0 Å². The Morgan fingerprint density at radius 1 is 1.25 bits per heavy atom. The summed E-state index contributed by atoms with van der Waals surface area (Å²) in [5, 5.41) is 8.48. The molecule has 128 valence electrons. The number of piperazine rings is 1. The lowest BCUT2D eigenvalue weighted by atomic mass is 10.2. The van der Waals surface area contributed by atoms with Crippen LogP contribution in [0.15, 0.2) is 30.3 Å². The maximum Gasteiger partial charge on any atom is 0.246 e. The van der Waals surface area contributed by atoms with E-state index in [9.17, 15) is 4.79 Å². The van der Waals surface area contributed by atoms with Crippen molar-refractivity contribution in [2.75, 3.05) is 39.3 Å². The fraction of sp³-hybridized carbons (Fsp3) is 0.474. The van der Waals surface area contributed by atoms with Crippen molar-refractivity contribution in [2.45, 2.75) is 13.8 Å². The molecule has 1 aliphatic rings. The first kappa shape index (κ1) is 18.0. The van der Waals surface area contributed by atoms with Gasteiger partial charge in [0.2, 0.25) is 5.91 Å². The number of benzene rings is 1. The van der Waals surface area contributed by atoms with Gasteiger partial charge in [-0.05, 0) is 29.7 Å². The molecule has 0 atom stereocenters. The molecule has 5 heteroatoms. The van der Waals surface area contributed by atoms with Gasteiger partial charge in [0.25, 0.3) is 0 Å². The zero-order valence-corrected chi connectivity index (χ0v) is 14.4. The van der Waals surface area contributed by atoms with E-state index in [0.29, 0.717) is 11.7 Å². The highest BCUT2D eigenvalue weighted by molar-refractivity contribution is 5.91. The third-order valence-electron chi connectivity index (χ3n) is 3.91. The summed E-state index contributed by atoms with van der Waals surface area (Å²) in [5.74, 6) is 1.37. The van der Waals surface area contributed by atoms with Crippen LogP contribution in [0.25, 0.3) is 6.08 Å². The van der Waals surface area contributed by atoms with Crippen LogP contribution in [0.3, 0.4) is 0 Å². The summed E-state index contributed by atoms with van der Waals surface area (Å²) in [6.45, 7) is 9.04. The molecule has 1 aliphatic heterocycles. The molecule has 1 amide bonds. The predicted octanol–water partition coefficient (Wildman–Crippen LogP) is 2.40. The van der Waals surface area contributed by atoms with Crippen LogP contribution < -0.4 is 4.74 Å². The molecule has 0 unspecified atom stereocenters. The van der Waals surface area contributed by atoms with Crippen LogP contribution in [0.5, 0.6) is 5.75 Å². The van der Waals surface area contributed by atoms with Crippen LogP contribution in [-0.4, -0.2) is 55.0 Å². The largest absolute Gasteiger partial charge is 0.479 e. The smallest absolute Gasteiger partial charge is 0.246 e. The number of hydrogen-bond donors (Lipinski definition) is 0. The minimum Gasteiger partial charge on any atom is -0.479 e. The van der Waals surface area contributed by atoms with Gasteiger partial charge in [-0.25, -0.2) is 0 Å². The number of hydrogen-bond acceptors (Lipinski definition) is 4. The van der Waals surface area contributed by atoms with Crippen molar-refractivity contribution in [1.82, 2.24) is 9.80 Å². The third kappa shape index (κ3) is 5.71. The van der Waals surface area contributed by atoms with E-state index >= 15 is 0 Å². The second-order valence-electron chi connectivity index (χ2n) is 6.37. The number of nitrogens with zero attached hydrogens (tertiary/aromatic N) is 3. The van der Waals surface area contributed by atoms with Crippen LogP contribution in [0, 0.1) is 17.2 Å². The number of ether oxygens (including phenoxy) is 1. The molecule has 1 heterocycles. The van der Waals surface area contributed by atoms with E-state index in [4.69, 9.17) is 10.00 Å². The lowest BCUT2D eigenvalue weighted by molar-refractivity contribution is -0.127. The first-order valence-corrected chi connectivity index (χ1v) is 8.37. The molecule has 5 nitrogen and oxygen atoms in total. The molecule has 1 aromatic carbocycles. The van der Waals surface area contributed by atoms with Crippen LogP contribution in [0.1, 0.15) is 19.4 Å². The van der Waals surface area contributed by atoms with Gasteiger partial charge >= 0.3 is 0 Å². The molecular formula is C19H25N3O2. The average molecular weight is 327 g/mol. The van der Waals surface area contributed by atoms with E-state index in [1.165, 1.54) is 0 Å². The fourth-order valence-corrected chi connectivity index (χ4v) is 2.73. The van der Waals surface area contributed by atoms with Gasteiger partial charge in [-0.2, -0.15) is 5.26 Å². The molecular weight excluding hydrogens is 302 g/mol. The lowest BCUT2D eigenvalue weighted by Gasteiger charge is -2.35. The Bertz CT molecular complexity index is 594. The summed E-state index contributed by atoms with van der Waals surface area (Å²) in [4.78, 5) is 16.6. The van der Waals surface area contributed by atoms with Gasteiger partial charge in [0, 0.05) is 38.8 Å². The van der Waals surface area contributed by atoms with E-state index < -0.39 is 0 Å². The van der Waals surface area contributed by atoms with Gasteiger partial charge < -0.3 is 9.64 Å². The second-order valence-corrected chi connectivity index (χ2v) is 6.37. The lowest BCUT2D eigenvalue weighted by Crippen LogP contribution is -2.49.